The first-order chi connectivity index (χ1) is 12.8. The van der Waals surface area contributed by atoms with Crippen molar-refractivity contribution in [3.8, 4) is 0 Å². The number of aromatic nitrogens is 2. The lowest BCUT2D eigenvalue weighted by atomic mass is 10.3. The molecule has 0 bridgehead atoms. The smallest absolute Gasteiger partial charge is 0.321 e. The van der Waals surface area contributed by atoms with Gasteiger partial charge in [-0.2, -0.15) is 0 Å². The van der Waals surface area contributed by atoms with Gasteiger partial charge in [-0.15, -0.1) is 0 Å². The summed E-state index contributed by atoms with van der Waals surface area (Å²) in [6, 6.07) is 9.56. The Hall–Kier alpha value is -3.38. The van der Waals surface area contributed by atoms with Gasteiger partial charge in [0.05, 0.1) is 14.7 Å². The van der Waals surface area contributed by atoms with Gasteiger partial charge in [-0.05, 0) is 36.4 Å². The minimum atomic E-state index is -3.88. The molecule has 0 saturated heterocycles. The summed E-state index contributed by atoms with van der Waals surface area (Å²) >= 11 is 0.746. The predicted molar refractivity (Wildman–Crippen MR) is 98.2 cm³/mol. The summed E-state index contributed by atoms with van der Waals surface area (Å²) in [6.07, 6.45) is 2.80. The molecule has 27 heavy (non-hydrogen) atoms. The highest BCUT2D eigenvalue weighted by Crippen LogP contribution is 2.25. The molecule has 0 aliphatic heterocycles. The van der Waals surface area contributed by atoms with E-state index in [1.165, 1.54) is 48.8 Å². The minimum Gasteiger partial charge on any atom is -0.321 e. The topological polar surface area (TPSA) is 144 Å². The number of carbonyl (C=O) groups is 1. The van der Waals surface area contributed by atoms with Crippen molar-refractivity contribution < 1.29 is 18.1 Å². The third-order valence-corrected chi connectivity index (χ3v) is 5.59. The Morgan fingerprint density at radius 2 is 1.74 bits per heavy atom. The van der Waals surface area contributed by atoms with Gasteiger partial charge in [-0.3, -0.25) is 14.9 Å². The van der Waals surface area contributed by atoms with Crippen LogP contribution in [0.2, 0.25) is 0 Å². The fraction of sp³-hybridized carbons (Fsp3) is 0. The number of rotatable bonds is 6. The number of benzene rings is 1. The zero-order valence-electron chi connectivity index (χ0n) is 13.4. The predicted octanol–water partition coefficient (Wildman–Crippen LogP) is 2.50. The van der Waals surface area contributed by atoms with Gasteiger partial charge in [0.25, 0.3) is 15.9 Å². The van der Waals surface area contributed by atoms with Crippen molar-refractivity contribution in [2.75, 3.05) is 10.0 Å². The zero-order valence-corrected chi connectivity index (χ0v) is 15.0. The van der Waals surface area contributed by atoms with Crippen molar-refractivity contribution in [2.24, 2.45) is 0 Å². The summed E-state index contributed by atoms with van der Waals surface area (Å²) in [5.41, 5.74) is 0.339. The van der Waals surface area contributed by atoms with Crippen LogP contribution < -0.4 is 10.0 Å². The second kappa shape index (κ2) is 7.47. The molecule has 3 aromatic rings. The van der Waals surface area contributed by atoms with E-state index in [2.05, 4.69) is 20.0 Å². The fourth-order valence-electron chi connectivity index (χ4n) is 1.99. The normalized spacial score (nSPS) is 11.0. The number of nitrogens with zero attached hydrogens (tertiary/aromatic N) is 3. The van der Waals surface area contributed by atoms with Crippen LogP contribution in [-0.4, -0.2) is 29.2 Å². The molecule has 1 amide bonds. The molecule has 0 aliphatic rings. The lowest BCUT2D eigenvalue weighted by molar-refractivity contribution is -0.380. The quantitative estimate of drug-likeness (QED) is 0.473. The maximum Gasteiger partial charge on any atom is 0.324 e. The van der Waals surface area contributed by atoms with Crippen LogP contribution in [0.15, 0.2) is 59.8 Å². The van der Waals surface area contributed by atoms with Crippen LogP contribution in [0.25, 0.3) is 0 Å². The minimum absolute atomic E-state index is 0.0419. The number of thiophene rings is 1. The Morgan fingerprint density at radius 3 is 2.33 bits per heavy atom. The van der Waals surface area contributed by atoms with Crippen molar-refractivity contribution in [1.29, 1.82) is 0 Å². The van der Waals surface area contributed by atoms with Gasteiger partial charge in [-0.25, -0.2) is 23.1 Å². The largest absolute Gasteiger partial charge is 0.324 e. The van der Waals surface area contributed by atoms with Crippen LogP contribution in [-0.2, 0) is 10.0 Å². The molecule has 1 aromatic carbocycles. The molecule has 12 heteroatoms. The molecule has 2 heterocycles. The van der Waals surface area contributed by atoms with E-state index in [4.69, 9.17) is 0 Å². The molecule has 0 fully saturated rings. The number of anilines is 2. The standard InChI is InChI=1S/C15H11N5O5S2/c21-14(12-6-7-13(26-12)20(22)23)18-10-2-4-11(5-3-10)27(24,25)19-15-16-8-1-9-17-15/h1-9H,(H,18,21)(H,16,17,19). The second-order valence-corrected chi connectivity index (χ2v) is 7.80. The third kappa shape index (κ3) is 4.43. The van der Waals surface area contributed by atoms with Gasteiger partial charge in [0, 0.05) is 24.1 Å². The summed E-state index contributed by atoms with van der Waals surface area (Å²) in [4.78, 5) is 29.9. The first kappa shape index (κ1) is 18.4. The van der Waals surface area contributed by atoms with Crippen LogP contribution in [0, 0.1) is 10.1 Å². The van der Waals surface area contributed by atoms with Crippen LogP contribution in [0.3, 0.4) is 0 Å². The molecule has 3 rings (SSSR count). The average molecular weight is 405 g/mol. The van der Waals surface area contributed by atoms with Gasteiger partial charge in [-0.1, -0.05) is 11.3 Å². The van der Waals surface area contributed by atoms with E-state index in [0.717, 1.165) is 11.3 Å². The lowest BCUT2D eigenvalue weighted by Crippen LogP contribution is -2.15. The van der Waals surface area contributed by atoms with E-state index in [-0.39, 0.29) is 20.7 Å². The van der Waals surface area contributed by atoms with E-state index in [1.54, 1.807) is 6.07 Å². The number of nitro groups is 1. The summed E-state index contributed by atoms with van der Waals surface area (Å²) < 4.78 is 26.8. The Labute approximate surface area is 157 Å². The van der Waals surface area contributed by atoms with Gasteiger partial charge in [0.1, 0.15) is 0 Å². The molecule has 138 valence electrons. The van der Waals surface area contributed by atoms with Gasteiger partial charge in [0.15, 0.2) is 0 Å². The molecule has 0 aliphatic carbocycles. The van der Waals surface area contributed by atoms with Crippen LogP contribution in [0.1, 0.15) is 9.67 Å². The summed E-state index contributed by atoms with van der Waals surface area (Å²) in [7, 11) is -3.88. The number of amides is 1. The molecule has 10 nitrogen and oxygen atoms in total. The molecule has 0 radical (unpaired) electrons. The summed E-state index contributed by atoms with van der Waals surface area (Å²) in [5, 5.41) is 13.1. The molecular weight excluding hydrogens is 394 g/mol. The number of carbonyl (C=O) groups excluding carboxylic acids is 1. The van der Waals surface area contributed by atoms with Crippen molar-refractivity contribution in [3.63, 3.8) is 0 Å². The average Bonchev–Trinajstić information content (AvgIpc) is 3.13. The SMILES string of the molecule is O=C(Nc1ccc(S(=O)(=O)Nc2ncccn2)cc1)c1ccc([N+](=O)[O-])s1. The molecule has 2 N–H and O–H groups in total. The van der Waals surface area contributed by atoms with Gasteiger partial charge >= 0.3 is 5.00 Å². The lowest BCUT2D eigenvalue weighted by Gasteiger charge is -2.08. The van der Waals surface area contributed by atoms with E-state index in [9.17, 15) is 23.3 Å². The number of hydrogen-bond donors (Lipinski definition) is 2. The zero-order chi connectivity index (χ0) is 19.4. The maximum absolute atomic E-state index is 12.3. The number of hydrogen-bond acceptors (Lipinski definition) is 8. The van der Waals surface area contributed by atoms with E-state index in [0.29, 0.717) is 5.69 Å². The van der Waals surface area contributed by atoms with Gasteiger partial charge in [0.2, 0.25) is 5.95 Å². The highest BCUT2D eigenvalue weighted by atomic mass is 32.2. The first-order valence-corrected chi connectivity index (χ1v) is 9.60. The molecule has 0 spiro atoms. The highest BCUT2D eigenvalue weighted by Gasteiger charge is 2.17. The number of nitrogens with one attached hydrogen (secondary N) is 2. The van der Waals surface area contributed by atoms with Crippen molar-refractivity contribution in [2.45, 2.75) is 4.90 Å². The fourth-order valence-corrected chi connectivity index (χ4v) is 3.66. The summed E-state index contributed by atoms with van der Waals surface area (Å²) in [6.45, 7) is 0. The van der Waals surface area contributed by atoms with E-state index >= 15 is 0 Å². The molecule has 2 aromatic heterocycles. The summed E-state index contributed by atoms with van der Waals surface area (Å²) in [5.74, 6) is -0.589. The van der Waals surface area contributed by atoms with E-state index < -0.39 is 20.9 Å². The van der Waals surface area contributed by atoms with Crippen molar-refractivity contribution >= 4 is 43.9 Å². The highest BCUT2D eigenvalue weighted by molar-refractivity contribution is 7.92. The Balaban J connectivity index is 1.71. The molecule has 0 unspecified atom stereocenters. The van der Waals surface area contributed by atoms with Gasteiger partial charge < -0.3 is 5.32 Å². The van der Waals surface area contributed by atoms with Crippen LogP contribution in [0.4, 0.5) is 16.6 Å². The Kier molecular flexibility index (Phi) is 5.09. The van der Waals surface area contributed by atoms with Crippen LogP contribution >= 0.6 is 11.3 Å². The Morgan fingerprint density at radius 1 is 1.07 bits per heavy atom. The first-order valence-electron chi connectivity index (χ1n) is 7.31. The van der Waals surface area contributed by atoms with E-state index in [1.807, 2.05) is 0 Å². The molecular formula is C15H11N5O5S2. The third-order valence-electron chi connectivity index (χ3n) is 3.21. The second-order valence-electron chi connectivity index (χ2n) is 5.05. The van der Waals surface area contributed by atoms with Crippen molar-refractivity contribution in [3.05, 3.63) is 69.8 Å². The molecule has 0 saturated carbocycles. The number of sulfonamides is 1. The van der Waals surface area contributed by atoms with Crippen molar-refractivity contribution in [1.82, 2.24) is 9.97 Å². The van der Waals surface area contributed by atoms with Crippen LogP contribution in [0.5, 0.6) is 0 Å². The Bertz CT molecular complexity index is 1080. The monoisotopic (exact) mass is 405 g/mol. The molecule has 0 atom stereocenters. The maximum atomic E-state index is 12.3.